The Morgan fingerprint density at radius 1 is 1.63 bits per heavy atom. The van der Waals surface area contributed by atoms with Gasteiger partial charge in [0, 0.05) is 12.6 Å². The summed E-state index contributed by atoms with van der Waals surface area (Å²) in [5.41, 5.74) is 4.83. The minimum atomic E-state index is -4.20. The largest absolute Gasteiger partial charge is 0.383 e. The molecule has 4 N–H and O–H groups in total. The maximum Gasteiger partial charge on any atom is 0.351 e. The average molecular weight is 291 g/mol. The van der Waals surface area contributed by atoms with Crippen molar-refractivity contribution < 1.29 is 23.8 Å². The van der Waals surface area contributed by atoms with Gasteiger partial charge in [0.2, 0.25) is 0 Å². The Hall–Kier alpha value is -1.25. The lowest BCUT2D eigenvalue weighted by atomic mass is 10.3. The second kappa shape index (κ2) is 5.40. The van der Waals surface area contributed by atoms with Gasteiger partial charge < -0.3 is 25.0 Å². The van der Waals surface area contributed by atoms with Crippen molar-refractivity contribution in [1.29, 1.82) is 0 Å². The average Bonchev–Trinajstić information content (AvgIpc) is 2.74. The van der Waals surface area contributed by atoms with Crippen LogP contribution in [0.3, 0.4) is 0 Å². The predicted molar refractivity (Wildman–Crippen MR) is 64.3 cm³/mol. The molecule has 0 amide bonds. The van der Waals surface area contributed by atoms with E-state index in [9.17, 15) is 9.36 Å². The van der Waals surface area contributed by atoms with E-state index in [0.717, 1.165) is 0 Å². The van der Waals surface area contributed by atoms with Crippen LogP contribution in [-0.4, -0.2) is 38.4 Å². The molecule has 19 heavy (non-hydrogen) atoms. The van der Waals surface area contributed by atoms with Crippen molar-refractivity contribution in [2.45, 2.75) is 18.8 Å². The molecule has 2 rings (SSSR count). The SMILES string of the molecule is Nc1ccn([C@H]2C[C@@H](OCP(=O)(O)O)CO2)c(=O)n1. The molecule has 1 aliphatic rings. The van der Waals surface area contributed by atoms with E-state index >= 15 is 0 Å². The number of nitrogens with zero attached hydrogens (tertiary/aromatic N) is 2. The molecule has 0 radical (unpaired) electrons. The van der Waals surface area contributed by atoms with Crippen LogP contribution in [0.15, 0.2) is 17.1 Å². The number of rotatable bonds is 4. The highest BCUT2D eigenvalue weighted by molar-refractivity contribution is 7.51. The molecule has 10 heteroatoms. The first-order valence-corrected chi connectivity index (χ1v) is 7.27. The molecular formula is C9H14N3O6P. The highest BCUT2D eigenvalue weighted by atomic mass is 31.2. The fourth-order valence-electron chi connectivity index (χ4n) is 1.74. The van der Waals surface area contributed by atoms with Crippen LogP contribution in [0.4, 0.5) is 5.82 Å². The van der Waals surface area contributed by atoms with Gasteiger partial charge in [-0.25, -0.2) is 4.79 Å². The quantitative estimate of drug-likeness (QED) is 0.617. The van der Waals surface area contributed by atoms with E-state index in [0.29, 0.717) is 6.42 Å². The summed E-state index contributed by atoms with van der Waals surface area (Å²) in [7, 11) is -4.20. The van der Waals surface area contributed by atoms with Crippen molar-refractivity contribution in [2.24, 2.45) is 0 Å². The number of hydrogen-bond acceptors (Lipinski definition) is 6. The van der Waals surface area contributed by atoms with Gasteiger partial charge in [-0.2, -0.15) is 4.98 Å². The Labute approximate surface area is 108 Å². The third kappa shape index (κ3) is 3.85. The molecule has 2 atom stereocenters. The number of anilines is 1. The van der Waals surface area contributed by atoms with E-state index in [2.05, 4.69) is 4.98 Å². The zero-order valence-corrected chi connectivity index (χ0v) is 10.8. The minimum absolute atomic E-state index is 0.119. The molecule has 0 aliphatic carbocycles. The van der Waals surface area contributed by atoms with Gasteiger partial charge in [-0.05, 0) is 6.07 Å². The summed E-state index contributed by atoms with van der Waals surface area (Å²) in [6.45, 7) is 0.154. The van der Waals surface area contributed by atoms with Crippen molar-refractivity contribution in [3.05, 3.63) is 22.7 Å². The Morgan fingerprint density at radius 3 is 3.00 bits per heavy atom. The van der Waals surface area contributed by atoms with Crippen molar-refractivity contribution in [3.8, 4) is 0 Å². The molecule has 0 bridgehead atoms. The lowest BCUT2D eigenvalue weighted by Gasteiger charge is -2.13. The number of nitrogens with two attached hydrogens (primary N) is 1. The van der Waals surface area contributed by atoms with E-state index in [1.807, 2.05) is 0 Å². The second-order valence-electron chi connectivity index (χ2n) is 4.15. The number of hydrogen-bond donors (Lipinski definition) is 3. The van der Waals surface area contributed by atoms with Crippen molar-refractivity contribution in [3.63, 3.8) is 0 Å². The summed E-state index contributed by atoms with van der Waals surface area (Å²) in [5, 5.41) is 0. The topological polar surface area (TPSA) is 137 Å². The summed E-state index contributed by atoms with van der Waals surface area (Å²) >= 11 is 0. The van der Waals surface area contributed by atoms with E-state index in [1.165, 1.54) is 16.8 Å². The molecule has 1 aliphatic heterocycles. The van der Waals surface area contributed by atoms with Crippen molar-refractivity contribution in [1.82, 2.24) is 9.55 Å². The molecule has 9 nitrogen and oxygen atoms in total. The van der Waals surface area contributed by atoms with Crippen LogP contribution in [0.1, 0.15) is 12.6 Å². The summed E-state index contributed by atoms with van der Waals surface area (Å²) in [6.07, 6.45) is 0.0684. The first-order chi connectivity index (χ1) is 8.85. The van der Waals surface area contributed by atoms with Gasteiger partial charge in [-0.15, -0.1) is 0 Å². The van der Waals surface area contributed by atoms with Gasteiger partial charge in [0.15, 0.2) is 0 Å². The molecule has 0 spiro atoms. The van der Waals surface area contributed by atoms with Gasteiger partial charge in [0.05, 0.1) is 12.7 Å². The molecule has 2 heterocycles. The fourth-order valence-corrected chi connectivity index (χ4v) is 2.14. The second-order valence-corrected chi connectivity index (χ2v) is 5.74. The Bertz CT molecular complexity index is 555. The molecule has 1 fully saturated rings. The van der Waals surface area contributed by atoms with Crippen LogP contribution in [0.5, 0.6) is 0 Å². The van der Waals surface area contributed by atoms with E-state index in [-0.39, 0.29) is 12.4 Å². The molecule has 1 aromatic rings. The number of ether oxygens (including phenoxy) is 2. The maximum absolute atomic E-state index is 11.6. The normalized spacial score (nSPS) is 23.7. The van der Waals surface area contributed by atoms with Crippen molar-refractivity contribution in [2.75, 3.05) is 18.7 Å². The summed E-state index contributed by atoms with van der Waals surface area (Å²) in [4.78, 5) is 32.5. The molecular weight excluding hydrogens is 277 g/mol. The maximum atomic E-state index is 11.6. The highest BCUT2D eigenvalue weighted by Crippen LogP contribution is 2.36. The number of nitrogen functional groups attached to an aromatic ring is 1. The molecule has 0 saturated carbocycles. The first-order valence-electron chi connectivity index (χ1n) is 5.47. The zero-order chi connectivity index (χ0) is 14.0. The van der Waals surface area contributed by atoms with E-state index < -0.39 is 32.0 Å². The highest BCUT2D eigenvalue weighted by Gasteiger charge is 2.30. The van der Waals surface area contributed by atoms with Crippen LogP contribution in [-0.2, 0) is 14.0 Å². The van der Waals surface area contributed by atoms with Crippen molar-refractivity contribution >= 4 is 13.4 Å². The Balaban J connectivity index is 1.98. The molecule has 106 valence electrons. The first kappa shape index (κ1) is 14.2. The Kier molecular flexibility index (Phi) is 4.02. The van der Waals surface area contributed by atoms with Gasteiger partial charge >= 0.3 is 13.3 Å². The van der Waals surface area contributed by atoms with E-state index in [1.54, 1.807) is 0 Å². The zero-order valence-electron chi connectivity index (χ0n) is 9.88. The molecule has 0 unspecified atom stereocenters. The Morgan fingerprint density at radius 2 is 2.37 bits per heavy atom. The van der Waals surface area contributed by atoms with Crippen LogP contribution in [0, 0.1) is 0 Å². The van der Waals surface area contributed by atoms with Crippen LogP contribution in [0.2, 0.25) is 0 Å². The fraction of sp³-hybridized carbons (Fsp3) is 0.556. The van der Waals surface area contributed by atoms with Gasteiger partial charge in [0.1, 0.15) is 18.4 Å². The smallest absolute Gasteiger partial charge is 0.351 e. The lowest BCUT2D eigenvalue weighted by molar-refractivity contribution is 0.0326. The van der Waals surface area contributed by atoms with Gasteiger partial charge in [0.25, 0.3) is 0 Å². The van der Waals surface area contributed by atoms with Crippen LogP contribution >= 0.6 is 7.60 Å². The standard InChI is InChI=1S/C9H14N3O6P/c10-7-1-2-12(9(13)11-7)8-3-6(4-17-8)18-5-19(14,15)16/h1-2,6,8H,3-5H2,(H2,10,11,13)(H2,14,15,16)/t6-,8-/m1/s1. The molecule has 1 aromatic heterocycles. The monoisotopic (exact) mass is 291 g/mol. The number of aromatic nitrogens is 2. The van der Waals surface area contributed by atoms with E-state index in [4.69, 9.17) is 25.0 Å². The molecule has 1 saturated heterocycles. The lowest BCUT2D eigenvalue weighted by Crippen LogP contribution is -2.27. The third-order valence-electron chi connectivity index (χ3n) is 2.58. The van der Waals surface area contributed by atoms with Crippen LogP contribution < -0.4 is 11.4 Å². The third-order valence-corrected chi connectivity index (χ3v) is 3.06. The minimum Gasteiger partial charge on any atom is -0.383 e. The molecule has 0 aromatic carbocycles. The summed E-state index contributed by atoms with van der Waals surface area (Å²) in [5.74, 6) is 0.119. The predicted octanol–water partition coefficient (Wildman–Crippen LogP) is -0.735. The van der Waals surface area contributed by atoms with Gasteiger partial charge in [-0.3, -0.25) is 9.13 Å². The van der Waals surface area contributed by atoms with Gasteiger partial charge in [-0.1, -0.05) is 0 Å². The summed E-state index contributed by atoms with van der Waals surface area (Å²) in [6, 6.07) is 1.47. The van der Waals surface area contributed by atoms with Crippen LogP contribution in [0.25, 0.3) is 0 Å². The summed E-state index contributed by atoms with van der Waals surface area (Å²) < 4.78 is 22.3.